The number of hydrogen-bond acceptors (Lipinski definition) is 5. The highest BCUT2D eigenvalue weighted by atomic mass is 35.5. The van der Waals surface area contributed by atoms with Crippen molar-refractivity contribution in [3.8, 4) is 22.4 Å². The first-order valence-corrected chi connectivity index (χ1v) is 12.3. The Bertz CT molecular complexity index is 1260. The van der Waals surface area contributed by atoms with E-state index < -0.39 is 0 Å². The lowest BCUT2D eigenvalue weighted by Crippen LogP contribution is -2.25. The molecule has 0 atom stereocenters. The van der Waals surface area contributed by atoms with E-state index in [1.807, 2.05) is 30.3 Å². The second kappa shape index (κ2) is 15.5. The third-order valence-corrected chi connectivity index (χ3v) is 5.70. The van der Waals surface area contributed by atoms with Crippen molar-refractivity contribution in [3.05, 3.63) is 101 Å². The lowest BCUT2D eigenvalue weighted by molar-refractivity contribution is 0.628. The van der Waals surface area contributed by atoms with Crippen molar-refractivity contribution in [2.24, 2.45) is 12.8 Å². The first-order chi connectivity index (χ1) is 17.5. The fraction of sp³-hybridized carbons (Fsp3) is 0.276. The molecule has 2 heterocycles. The number of unbranched alkanes of at least 4 members (excludes halogenated alkanes) is 1. The van der Waals surface area contributed by atoms with Gasteiger partial charge < -0.3 is 11.1 Å². The van der Waals surface area contributed by atoms with Gasteiger partial charge in [0.1, 0.15) is 5.82 Å². The maximum absolute atomic E-state index is 13.4. The monoisotopic (exact) mass is 523 g/mol. The maximum atomic E-state index is 13.4. The van der Waals surface area contributed by atoms with E-state index in [4.69, 9.17) is 10.7 Å². The third-order valence-electron chi connectivity index (χ3n) is 5.70. The van der Waals surface area contributed by atoms with Crippen LogP contribution in [0.25, 0.3) is 22.4 Å². The van der Waals surface area contributed by atoms with Gasteiger partial charge in [0.05, 0.1) is 11.3 Å². The van der Waals surface area contributed by atoms with E-state index in [0.717, 1.165) is 24.9 Å². The van der Waals surface area contributed by atoms with Crippen molar-refractivity contribution in [1.82, 2.24) is 14.5 Å². The predicted molar refractivity (Wildman–Crippen MR) is 153 cm³/mol. The van der Waals surface area contributed by atoms with Gasteiger partial charge in [0.15, 0.2) is 0 Å². The first-order valence-electron chi connectivity index (χ1n) is 12.3. The topological polar surface area (TPSA) is 85.8 Å². The summed E-state index contributed by atoms with van der Waals surface area (Å²) in [5, 5.41) is 3.30. The molecule has 0 unspecified atom stereocenters. The predicted octanol–water partition coefficient (Wildman–Crippen LogP) is 5.86. The number of pyridine rings is 1. The summed E-state index contributed by atoms with van der Waals surface area (Å²) in [5.74, 6) is 0.145. The Hall–Kier alpha value is -3.55. The van der Waals surface area contributed by atoms with E-state index in [1.165, 1.54) is 35.1 Å². The van der Waals surface area contributed by atoms with Crippen molar-refractivity contribution in [2.75, 3.05) is 18.4 Å². The van der Waals surface area contributed by atoms with Crippen LogP contribution in [0.15, 0.2) is 83.9 Å². The summed E-state index contributed by atoms with van der Waals surface area (Å²) in [7, 11) is 1.69. The summed E-state index contributed by atoms with van der Waals surface area (Å²) in [5.41, 5.74) is 8.59. The molecule has 37 heavy (non-hydrogen) atoms. The Labute approximate surface area is 224 Å². The fourth-order valence-electron chi connectivity index (χ4n) is 3.70. The third kappa shape index (κ3) is 8.51. The molecule has 0 amide bonds. The van der Waals surface area contributed by atoms with Gasteiger partial charge in [0.25, 0.3) is 5.56 Å². The first kappa shape index (κ1) is 29.7. The molecule has 2 aromatic carbocycles. The Morgan fingerprint density at radius 1 is 0.946 bits per heavy atom. The lowest BCUT2D eigenvalue weighted by atomic mass is 10.0. The highest BCUT2D eigenvalue weighted by molar-refractivity contribution is 5.85. The van der Waals surface area contributed by atoms with Crippen LogP contribution in [-0.4, -0.2) is 27.6 Å². The number of hydrogen-bond donors (Lipinski definition) is 2. The molecule has 0 fully saturated rings. The number of nitrogens with zero attached hydrogens (tertiary/aromatic N) is 3. The normalized spacial score (nSPS) is 10.2. The van der Waals surface area contributed by atoms with Gasteiger partial charge in [-0.2, -0.15) is 0 Å². The van der Waals surface area contributed by atoms with Gasteiger partial charge in [-0.3, -0.25) is 14.3 Å². The average molecular weight is 524 g/mol. The Balaban J connectivity index is 0.000000734. The summed E-state index contributed by atoms with van der Waals surface area (Å²) in [6, 6.07) is 19.8. The highest BCUT2D eigenvalue weighted by Crippen LogP contribution is 2.28. The molecule has 0 bridgehead atoms. The molecule has 0 spiro atoms. The van der Waals surface area contributed by atoms with Crippen LogP contribution in [0.2, 0.25) is 0 Å². The van der Waals surface area contributed by atoms with Gasteiger partial charge in [0.2, 0.25) is 5.95 Å². The van der Waals surface area contributed by atoms with E-state index in [1.54, 1.807) is 31.6 Å². The molecule has 4 aromatic rings. The van der Waals surface area contributed by atoms with Crippen LogP contribution < -0.4 is 16.6 Å². The van der Waals surface area contributed by atoms with Crippen molar-refractivity contribution >= 4 is 18.4 Å². The van der Waals surface area contributed by atoms with Crippen LogP contribution in [0.1, 0.15) is 31.7 Å². The van der Waals surface area contributed by atoms with Gasteiger partial charge >= 0.3 is 0 Å². The largest absolute Gasteiger partial charge is 0.356 e. The molecule has 4 rings (SSSR count). The molecular weight excluding hydrogens is 489 g/mol. The van der Waals surface area contributed by atoms with Gasteiger partial charge in [-0.05, 0) is 61.2 Å². The molecule has 2 aromatic heterocycles. The fourth-order valence-corrected chi connectivity index (χ4v) is 3.70. The molecule has 0 aliphatic heterocycles. The minimum atomic E-state index is -0.351. The molecule has 8 heteroatoms. The molecular formula is C29H35ClFN5O. The van der Waals surface area contributed by atoms with Crippen LogP contribution in [0, 0.1) is 5.82 Å². The van der Waals surface area contributed by atoms with Crippen molar-refractivity contribution < 1.29 is 4.39 Å². The lowest BCUT2D eigenvalue weighted by Gasteiger charge is -2.16. The van der Waals surface area contributed by atoms with Crippen LogP contribution in [0.5, 0.6) is 0 Å². The van der Waals surface area contributed by atoms with Gasteiger partial charge in [-0.25, -0.2) is 9.37 Å². The Morgan fingerprint density at radius 2 is 1.62 bits per heavy atom. The maximum Gasteiger partial charge on any atom is 0.263 e. The highest BCUT2D eigenvalue weighted by Gasteiger charge is 2.18. The number of nitrogens with one attached hydrogen (secondary N) is 1. The zero-order chi connectivity index (χ0) is 25.8. The molecule has 3 N–H and O–H groups in total. The van der Waals surface area contributed by atoms with Gasteiger partial charge in [0, 0.05) is 31.5 Å². The zero-order valence-electron chi connectivity index (χ0n) is 21.4. The Morgan fingerprint density at radius 3 is 2.22 bits per heavy atom. The number of aromatic nitrogens is 3. The second-order valence-corrected chi connectivity index (χ2v) is 8.42. The van der Waals surface area contributed by atoms with Gasteiger partial charge in [-0.1, -0.05) is 55.8 Å². The van der Waals surface area contributed by atoms with Gasteiger partial charge in [-0.15, -0.1) is 12.4 Å². The molecule has 0 aliphatic rings. The number of aryl methyl sites for hydroxylation is 1. The summed E-state index contributed by atoms with van der Waals surface area (Å²) in [6.07, 6.45) is 7.55. The number of halogens is 2. The minimum Gasteiger partial charge on any atom is -0.356 e. The summed E-state index contributed by atoms with van der Waals surface area (Å²) >= 11 is 0. The molecule has 0 saturated carbocycles. The second-order valence-electron chi connectivity index (χ2n) is 8.42. The number of benzene rings is 2. The van der Waals surface area contributed by atoms with E-state index in [9.17, 15) is 9.18 Å². The smallest absolute Gasteiger partial charge is 0.263 e. The summed E-state index contributed by atoms with van der Waals surface area (Å²) in [6.45, 7) is 3.66. The van der Waals surface area contributed by atoms with E-state index >= 15 is 0 Å². The molecule has 0 aliphatic carbocycles. The summed E-state index contributed by atoms with van der Waals surface area (Å²) < 4.78 is 15.0. The molecule has 196 valence electrons. The van der Waals surface area contributed by atoms with Crippen molar-refractivity contribution in [2.45, 2.75) is 32.6 Å². The Kier molecular flexibility index (Phi) is 12.5. The standard InChI is InChI=1S/C25H23FN4O.C4H11N.ClH/c1-30-24(31)22(19-9-11-21(26)12-10-19)23(20-13-16-27-17-14-20)29-25(30)28-15-5-8-18-6-3-2-4-7-18;1-2-3-4-5;/h2-4,6-7,9-14,16-17H,5,8,15H2,1H3,(H,28,29);2-5H2,1H3;1H. The average Bonchev–Trinajstić information content (AvgIpc) is 2.91. The van der Waals surface area contributed by atoms with Crippen molar-refractivity contribution in [1.29, 1.82) is 0 Å². The quantitative estimate of drug-likeness (QED) is 0.268. The van der Waals surface area contributed by atoms with Crippen LogP contribution in [0.3, 0.4) is 0 Å². The van der Waals surface area contributed by atoms with Crippen LogP contribution in [-0.2, 0) is 13.5 Å². The molecule has 0 saturated heterocycles. The van der Waals surface area contributed by atoms with E-state index in [0.29, 0.717) is 29.3 Å². The van der Waals surface area contributed by atoms with E-state index in [-0.39, 0.29) is 23.8 Å². The molecule has 6 nitrogen and oxygen atoms in total. The molecule has 0 radical (unpaired) electrons. The SMILES string of the molecule is CCCCN.Cl.Cn1c(NCCCc2ccccc2)nc(-c2ccncc2)c(-c2ccc(F)cc2)c1=O. The van der Waals surface area contributed by atoms with Crippen LogP contribution >= 0.6 is 12.4 Å². The number of anilines is 1. The summed E-state index contributed by atoms with van der Waals surface area (Å²) in [4.78, 5) is 22.1. The van der Waals surface area contributed by atoms with Crippen molar-refractivity contribution in [3.63, 3.8) is 0 Å². The van der Waals surface area contributed by atoms with E-state index in [2.05, 4.69) is 29.4 Å². The zero-order valence-corrected chi connectivity index (χ0v) is 22.2. The number of rotatable bonds is 9. The number of nitrogens with two attached hydrogens (primary N) is 1. The van der Waals surface area contributed by atoms with Crippen LogP contribution in [0.4, 0.5) is 10.3 Å². The minimum absolute atomic E-state index is 0.